The molecule has 5 nitrogen and oxygen atoms in total. The molecule has 2 amide bonds. The Hall–Kier alpha value is -3.08. The second-order valence-electron chi connectivity index (χ2n) is 5.82. The molecule has 5 heteroatoms. The van der Waals surface area contributed by atoms with Gasteiger partial charge in [0.2, 0.25) is 5.91 Å². The normalized spacial score (nSPS) is 11.3. The highest BCUT2D eigenvalue weighted by molar-refractivity contribution is 5.88. The molecule has 1 N–H and O–H groups in total. The van der Waals surface area contributed by atoms with Gasteiger partial charge in [0.15, 0.2) is 6.61 Å². The lowest BCUT2D eigenvalue weighted by Gasteiger charge is -2.28. The zero-order valence-corrected chi connectivity index (χ0v) is 14.9. The first-order chi connectivity index (χ1) is 12.6. The maximum atomic E-state index is 12.7. The summed E-state index contributed by atoms with van der Waals surface area (Å²) >= 11 is 0. The number of nitrogens with zero attached hydrogens (tertiary/aromatic N) is 1. The van der Waals surface area contributed by atoms with E-state index in [1.54, 1.807) is 25.1 Å². The molecule has 0 aromatic heterocycles. The molecule has 0 spiro atoms. The van der Waals surface area contributed by atoms with Gasteiger partial charge in [-0.3, -0.25) is 9.59 Å². The predicted molar refractivity (Wildman–Crippen MR) is 102 cm³/mol. The molecule has 136 valence electrons. The van der Waals surface area contributed by atoms with Gasteiger partial charge in [-0.15, -0.1) is 6.58 Å². The molecule has 0 aliphatic rings. The number of nitrogens with one attached hydrogen (secondary N) is 1. The Morgan fingerprint density at radius 1 is 1.12 bits per heavy atom. The first kappa shape index (κ1) is 19.2. The van der Waals surface area contributed by atoms with Crippen LogP contribution in [0.15, 0.2) is 73.3 Å². The molecule has 0 radical (unpaired) electrons. The van der Waals surface area contributed by atoms with Crippen LogP contribution in [0.25, 0.3) is 0 Å². The molecule has 0 saturated heterocycles. The van der Waals surface area contributed by atoms with Crippen LogP contribution in [0.4, 0.5) is 0 Å². The van der Waals surface area contributed by atoms with Crippen molar-refractivity contribution < 1.29 is 14.3 Å². The van der Waals surface area contributed by atoms with Crippen molar-refractivity contribution in [1.29, 1.82) is 0 Å². The predicted octanol–water partition coefficient (Wildman–Crippen LogP) is 2.78. The molecule has 1 atom stereocenters. The Labute approximate surface area is 154 Å². The van der Waals surface area contributed by atoms with Gasteiger partial charge in [0, 0.05) is 13.1 Å². The van der Waals surface area contributed by atoms with Crippen molar-refractivity contribution in [2.45, 2.75) is 19.5 Å². The summed E-state index contributed by atoms with van der Waals surface area (Å²) in [6, 6.07) is 18.1. The summed E-state index contributed by atoms with van der Waals surface area (Å²) in [5.41, 5.74) is 0.948. The summed E-state index contributed by atoms with van der Waals surface area (Å²) in [6.07, 6.45) is 1.60. The molecule has 2 aromatic rings. The molecular formula is C21H24N2O3. The number of amides is 2. The summed E-state index contributed by atoms with van der Waals surface area (Å²) in [7, 11) is 0. The molecule has 0 saturated carbocycles. The molecule has 2 rings (SSSR count). The molecular weight excluding hydrogens is 328 g/mol. The van der Waals surface area contributed by atoms with Gasteiger partial charge < -0.3 is 15.0 Å². The average molecular weight is 352 g/mol. The maximum absolute atomic E-state index is 12.7. The monoisotopic (exact) mass is 352 g/mol. The summed E-state index contributed by atoms with van der Waals surface area (Å²) in [4.78, 5) is 26.6. The zero-order chi connectivity index (χ0) is 18.8. The third-order valence-electron chi connectivity index (χ3n) is 3.89. The van der Waals surface area contributed by atoms with Gasteiger partial charge in [-0.05, 0) is 24.6 Å². The number of hydrogen-bond donors (Lipinski definition) is 1. The van der Waals surface area contributed by atoms with E-state index in [2.05, 4.69) is 11.9 Å². The summed E-state index contributed by atoms with van der Waals surface area (Å²) in [5, 5.41) is 2.74. The minimum atomic E-state index is -0.623. The van der Waals surface area contributed by atoms with Crippen LogP contribution in [-0.2, 0) is 16.1 Å². The van der Waals surface area contributed by atoms with Crippen LogP contribution in [0.1, 0.15) is 12.5 Å². The van der Waals surface area contributed by atoms with Crippen molar-refractivity contribution in [2.75, 3.05) is 13.2 Å². The lowest BCUT2D eigenvalue weighted by Crippen LogP contribution is -2.49. The molecule has 0 bridgehead atoms. The summed E-state index contributed by atoms with van der Waals surface area (Å²) in [6.45, 7) is 5.86. The van der Waals surface area contributed by atoms with E-state index in [0.717, 1.165) is 5.56 Å². The van der Waals surface area contributed by atoms with Crippen molar-refractivity contribution in [3.8, 4) is 5.75 Å². The second-order valence-corrected chi connectivity index (χ2v) is 5.82. The van der Waals surface area contributed by atoms with Crippen LogP contribution < -0.4 is 10.1 Å². The van der Waals surface area contributed by atoms with E-state index in [9.17, 15) is 9.59 Å². The smallest absolute Gasteiger partial charge is 0.261 e. The highest BCUT2D eigenvalue weighted by atomic mass is 16.5. The number of ether oxygens (including phenoxy) is 1. The molecule has 26 heavy (non-hydrogen) atoms. The van der Waals surface area contributed by atoms with Gasteiger partial charge in [-0.25, -0.2) is 0 Å². The largest absolute Gasteiger partial charge is 0.484 e. The Kier molecular flexibility index (Phi) is 7.43. The van der Waals surface area contributed by atoms with Crippen molar-refractivity contribution in [2.24, 2.45) is 0 Å². The fourth-order valence-electron chi connectivity index (χ4n) is 2.43. The Morgan fingerprint density at radius 3 is 2.35 bits per heavy atom. The van der Waals surface area contributed by atoms with Crippen LogP contribution in [0, 0.1) is 0 Å². The standard InChI is InChI=1S/C21H24N2O3/c1-3-14-22-21(25)17(2)23(15-18-10-6-4-7-11-18)20(24)16-26-19-12-8-5-9-13-19/h3-13,17H,1,14-16H2,2H3,(H,22,25)/t17-/m0/s1. The van der Waals surface area contributed by atoms with Gasteiger partial charge in [0.1, 0.15) is 11.8 Å². The molecule has 0 aliphatic carbocycles. The van der Waals surface area contributed by atoms with Crippen LogP contribution in [0.2, 0.25) is 0 Å². The molecule has 2 aromatic carbocycles. The highest BCUT2D eigenvalue weighted by Crippen LogP contribution is 2.12. The minimum Gasteiger partial charge on any atom is -0.484 e. The zero-order valence-electron chi connectivity index (χ0n) is 14.9. The van der Waals surface area contributed by atoms with E-state index < -0.39 is 6.04 Å². The summed E-state index contributed by atoms with van der Waals surface area (Å²) in [5.74, 6) is 0.136. The fourth-order valence-corrected chi connectivity index (χ4v) is 2.43. The molecule has 0 unspecified atom stereocenters. The van der Waals surface area contributed by atoms with Crippen LogP contribution in [-0.4, -0.2) is 35.9 Å². The lowest BCUT2D eigenvalue weighted by atomic mass is 10.1. The maximum Gasteiger partial charge on any atom is 0.261 e. The lowest BCUT2D eigenvalue weighted by molar-refractivity contribution is -0.142. The summed E-state index contributed by atoms with van der Waals surface area (Å²) < 4.78 is 5.56. The van der Waals surface area contributed by atoms with Gasteiger partial charge >= 0.3 is 0 Å². The Morgan fingerprint density at radius 2 is 1.73 bits per heavy atom. The SMILES string of the molecule is C=CCNC(=O)[C@H](C)N(Cc1ccccc1)C(=O)COc1ccccc1. The molecule has 0 fully saturated rings. The Bertz CT molecular complexity index is 717. The van der Waals surface area contributed by atoms with Crippen LogP contribution in [0.5, 0.6) is 5.75 Å². The van der Waals surface area contributed by atoms with Crippen molar-refractivity contribution >= 4 is 11.8 Å². The number of hydrogen-bond acceptors (Lipinski definition) is 3. The van der Waals surface area contributed by atoms with E-state index in [1.807, 2.05) is 48.5 Å². The number of carbonyl (C=O) groups excluding carboxylic acids is 2. The topological polar surface area (TPSA) is 58.6 Å². The Balaban J connectivity index is 2.09. The van der Waals surface area contributed by atoms with Gasteiger partial charge in [0.05, 0.1) is 0 Å². The fraction of sp³-hybridized carbons (Fsp3) is 0.238. The van der Waals surface area contributed by atoms with Crippen molar-refractivity contribution in [3.63, 3.8) is 0 Å². The van der Waals surface area contributed by atoms with Gasteiger partial charge in [-0.1, -0.05) is 54.6 Å². The molecule has 0 heterocycles. The van der Waals surface area contributed by atoms with Crippen molar-refractivity contribution in [3.05, 3.63) is 78.9 Å². The highest BCUT2D eigenvalue weighted by Gasteiger charge is 2.26. The third kappa shape index (κ3) is 5.77. The van der Waals surface area contributed by atoms with Crippen LogP contribution >= 0.6 is 0 Å². The van der Waals surface area contributed by atoms with Gasteiger partial charge in [-0.2, -0.15) is 0 Å². The first-order valence-corrected chi connectivity index (χ1v) is 8.51. The number of carbonyl (C=O) groups is 2. The van der Waals surface area contributed by atoms with Gasteiger partial charge in [0.25, 0.3) is 5.91 Å². The van der Waals surface area contributed by atoms with E-state index in [-0.39, 0.29) is 18.4 Å². The minimum absolute atomic E-state index is 0.129. The van der Waals surface area contributed by atoms with E-state index in [4.69, 9.17) is 4.74 Å². The van der Waals surface area contributed by atoms with E-state index in [0.29, 0.717) is 18.8 Å². The second kappa shape index (κ2) is 10.0. The van der Waals surface area contributed by atoms with E-state index >= 15 is 0 Å². The van der Waals surface area contributed by atoms with Crippen molar-refractivity contribution in [1.82, 2.24) is 10.2 Å². The number of benzene rings is 2. The quantitative estimate of drug-likeness (QED) is 0.706. The third-order valence-corrected chi connectivity index (χ3v) is 3.89. The number of rotatable bonds is 9. The number of para-hydroxylation sites is 1. The van der Waals surface area contributed by atoms with Crippen LogP contribution in [0.3, 0.4) is 0 Å². The average Bonchev–Trinajstić information content (AvgIpc) is 2.69. The van der Waals surface area contributed by atoms with E-state index in [1.165, 1.54) is 4.90 Å². The molecule has 0 aliphatic heterocycles. The first-order valence-electron chi connectivity index (χ1n) is 8.51.